The summed E-state index contributed by atoms with van der Waals surface area (Å²) in [6.45, 7) is 8.84. The van der Waals surface area contributed by atoms with Gasteiger partial charge in [0.15, 0.2) is 0 Å². The van der Waals surface area contributed by atoms with Gasteiger partial charge in [-0.25, -0.2) is 0 Å². The maximum Gasteiger partial charge on any atom is 0.221 e. The van der Waals surface area contributed by atoms with E-state index in [1.165, 1.54) is 11.3 Å². The van der Waals surface area contributed by atoms with Gasteiger partial charge in [-0.15, -0.1) is 0 Å². The van der Waals surface area contributed by atoms with Crippen LogP contribution in [0.5, 0.6) is 5.75 Å². The third-order valence-corrected chi connectivity index (χ3v) is 6.03. The van der Waals surface area contributed by atoms with Gasteiger partial charge in [-0.2, -0.15) is 0 Å². The SMILES string of the molecule is COc1ccc(Cl)cc1NCCC(=O)NCCCCN1CCN(c2cccc(C)c2)CC1. The second-order valence-corrected chi connectivity index (χ2v) is 8.68. The lowest BCUT2D eigenvalue weighted by molar-refractivity contribution is -0.120. The molecule has 2 aromatic rings. The minimum Gasteiger partial charge on any atom is -0.495 e. The molecule has 1 aliphatic heterocycles. The molecule has 1 heterocycles. The first kappa shape index (κ1) is 24.2. The molecule has 174 valence electrons. The standard InChI is InChI=1S/C25H35ClN4O2/c1-20-6-5-7-22(18-20)30-16-14-29(15-17-30)13-4-3-11-28-25(31)10-12-27-23-19-21(26)8-9-24(23)32-2/h5-9,18-19,27H,3-4,10-17H2,1-2H3,(H,28,31). The lowest BCUT2D eigenvalue weighted by Gasteiger charge is -2.36. The van der Waals surface area contributed by atoms with Gasteiger partial charge in [0.25, 0.3) is 0 Å². The average Bonchev–Trinajstić information content (AvgIpc) is 2.79. The highest BCUT2D eigenvalue weighted by atomic mass is 35.5. The van der Waals surface area contributed by atoms with Gasteiger partial charge in [-0.05, 0) is 62.2 Å². The fraction of sp³-hybridized carbons (Fsp3) is 0.480. The molecule has 2 N–H and O–H groups in total. The molecule has 1 saturated heterocycles. The first-order valence-corrected chi connectivity index (χ1v) is 11.8. The summed E-state index contributed by atoms with van der Waals surface area (Å²) in [4.78, 5) is 17.1. The first-order chi connectivity index (χ1) is 15.5. The third kappa shape index (κ3) is 7.61. The lowest BCUT2D eigenvalue weighted by Crippen LogP contribution is -2.46. The molecule has 0 bridgehead atoms. The second-order valence-electron chi connectivity index (χ2n) is 8.25. The number of ether oxygens (including phenoxy) is 1. The molecule has 0 saturated carbocycles. The van der Waals surface area contributed by atoms with Crippen LogP contribution in [0, 0.1) is 6.92 Å². The van der Waals surface area contributed by atoms with Crippen molar-refractivity contribution >= 4 is 28.9 Å². The molecule has 0 aromatic heterocycles. The molecule has 32 heavy (non-hydrogen) atoms. The van der Waals surface area contributed by atoms with Gasteiger partial charge in [0.1, 0.15) is 5.75 Å². The van der Waals surface area contributed by atoms with Gasteiger partial charge in [0.05, 0.1) is 12.8 Å². The Hall–Kier alpha value is -2.44. The average molecular weight is 459 g/mol. The smallest absolute Gasteiger partial charge is 0.221 e. The zero-order valence-corrected chi connectivity index (χ0v) is 20.0. The fourth-order valence-electron chi connectivity index (χ4n) is 3.96. The number of carbonyl (C=O) groups excluding carboxylic acids is 1. The van der Waals surface area contributed by atoms with E-state index >= 15 is 0 Å². The Morgan fingerprint density at radius 1 is 1.06 bits per heavy atom. The Bertz CT molecular complexity index is 869. The minimum absolute atomic E-state index is 0.0604. The topological polar surface area (TPSA) is 56.8 Å². The van der Waals surface area contributed by atoms with Crippen molar-refractivity contribution in [2.24, 2.45) is 0 Å². The van der Waals surface area contributed by atoms with Crippen LogP contribution in [0.25, 0.3) is 0 Å². The van der Waals surface area contributed by atoms with E-state index in [9.17, 15) is 4.79 Å². The molecule has 0 atom stereocenters. The summed E-state index contributed by atoms with van der Waals surface area (Å²) in [6, 6.07) is 14.1. The number of carbonyl (C=O) groups is 1. The van der Waals surface area contributed by atoms with E-state index in [-0.39, 0.29) is 5.91 Å². The maximum absolute atomic E-state index is 12.1. The van der Waals surface area contributed by atoms with Crippen LogP contribution in [0.4, 0.5) is 11.4 Å². The summed E-state index contributed by atoms with van der Waals surface area (Å²) in [6.07, 6.45) is 2.51. The number of amides is 1. The monoisotopic (exact) mass is 458 g/mol. The van der Waals surface area contributed by atoms with Gasteiger partial charge < -0.3 is 20.3 Å². The molecule has 1 fully saturated rings. The number of hydrogen-bond acceptors (Lipinski definition) is 5. The Kier molecular flexibility index (Phi) is 9.50. The summed E-state index contributed by atoms with van der Waals surface area (Å²) >= 11 is 6.03. The van der Waals surface area contributed by atoms with E-state index in [1.54, 1.807) is 19.2 Å². The summed E-state index contributed by atoms with van der Waals surface area (Å²) in [7, 11) is 1.62. The molecule has 0 aliphatic carbocycles. The number of methoxy groups -OCH3 is 1. The van der Waals surface area contributed by atoms with Crippen LogP contribution in [0.15, 0.2) is 42.5 Å². The maximum atomic E-state index is 12.1. The van der Waals surface area contributed by atoms with Crippen molar-refractivity contribution in [1.29, 1.82) is 0 Å². The van der Waals surface area contributed by atoms with Crippen molar-refractivity contribution in [1.82, 2.24) is 10.2 Å². The van der Waals surface area contributed by atoms with Crippen LogP contribution in [-0.4, -0.2) is 63.7 Å². The zero-order chi connectivity index (χ0) is 22.8. The summed E-state index contributed by atoms with van der Waals surface area (Å²) in [5, 5.41) is 6.87. The molecule has 0 spiro atoms. The van der Waals surface area contributed by atoms with Crippen LogP contribution >= 0.6 is 11.6 Å². The number of hydrogen-bond donors (Lipinski definition) is 2. The summed E-state index contributed by atoms with van der Waals surface area (Å²) in [5.41, 5.74) is 3.44. The van der Waals surface area contributed by atoms with E-state index < -0.39 is 0 Å². The van der Waals surface area contributed by atoms with E-state index in [2.05, 4.69) is 51.6 Å². The second kappa shape index (κ2) is 12.6. The number of nitrogens with one attached hydrogen (secondary N) is 2. The quantitative estimate of drug-likeness (QED) is 0.495. The number of piperazine rings is 1. The molecule has 0 unspecified atom stereocenters. The van der Waals surface area contributed by atoms with Crippen LogP contribution in [0.1, 0.15) is 24.8 Å². The van der Waals surface area contributed by atoms with Gasteiger partial charge in [-0.1, -0.05) is 23.7 Å². The highest BCUT2D eigenvalue weighted by Crippen LogP contribution is 2.27. The van der Waals surface area contributed by atoms with Crippen LogP contribution < -0.4 is 20.3 Å². The zero-order valence-electron chi connectivity index (χ0n) is 19.2. The Labute approximate surface area is 196 Å². The molecule has 7 heteroatoms. The van der Waals surface area contributed by atoms with Crippen molar-refractivity contribution in [2.75, 3.05) is 63.1 Å². The van der Waals surface area contributed by atoms with Crippen molar-refractivity contribution in [2.45, 2.75) is 26.2 Å². The summed E-state index contributed by atoms with van der Waals surface area (Å²) < 4.78 is 5.30. The van der Waals surface area contributed by atoms with E-state index in [0.717, 1.165) is 63.5 Å². The Morgan fingerprint density at radius 2 is 1.88 bits per heavy atom. The molecular formula is C25H35ClN4O2. The number of anilines is 2. The lowest BCUT2D eigenvalue weighted by atomic mass is 10.2. The normalized spacial score (nSPS) is 14.3. The fourth-order valence-corrected chi connectivity index (χ4v) is 4.13. The van der Waals surface area contributed by atoms with Crippen LogP contribution in [-0.2, 0) is 4.79 Å². The molecule has 2 aromatic carbocycles. The molecule has 1 amide bonds. The van der Waals surface area contributed by atoms with Gasteiger partial charge in [-0.3, -0.25) is 9.69 Å². The van der Waals surface area contributed by atoms with Crippen LogP contribution in [0.3, 0.4) is 0 Å². The molecular weight excluding hydrogens is 424 g/mol. The number of rotatable bonds is 11. The number of unbranched alkanes of at least 4 members (excludes halogenated alkanes) is 1. The number of benzene rings is 2. The van der Waals surface area contributed by atoms with E-state index in [4.69, 9.17) is 16.3 Å². The molecule has 1 aliphatic rings. The largest absolute Gasteiger partial charge is 0.495 e. The van der Waals surface area contributed by atoms with Crippen molar-refractivity contribution in [3.63, 3.8) is 0 Å². The highest BCUT2D eigenvalue weighted by Gasteiger charge is 2.16. The predicted molar refractivity (Wildman–Crippen MR) is 133 cm³/mol. The summed E-state index contributed by atoms with van der Waals surface area (Å²) in [5.74, 6) is 0.778. The van der Waals surface area contributed by atoms with Gasteiger partial charge in [0, 0.05) is 56.4 Å². The van der Waals surface area contributed by atoms with Crippen molar-refractivity contribution in [3.05, 3.63) is 53.1 Å². The molecule has 3 rings (SSSR count). The molecule has 6 nitrogen and oxygen atoms in total. The Morgan fingerprint density at radius 3 is 2.62 bits per heavy atom. The first-order valence-electron chi connectivity index (χ1n) is 11.4. The van der Waals surface area contributed by atoms with E-state index in [1.807, 2.05) is 6.07 Å². The number of halogens is 1. The van der Waals surface area contributed by atoms with Gasteiger partial charge >= 0.3 is 0 Å². The highest BCUT2D eigenvalue weighted by molar-refractivity contribution is 6.30. The van der Waals surface area contributed by atoms with Gasteiger partial charge in [0.2, 0.25) is 5.91 Å². The third-order valence-electron chi connectivity index (χ3n) is 5.79. The number of aryl methyl sites for hydroxylation is 1. The van der Waals surface area contributed by atoms with Crippen molar-refractivity contribution in [3.8, 4) is 5.75 Å². The van der Waals surface area contributed by atoms with Crippen LogP contribution in [0.2, 0.25) is 5.02 Å². The predicted octanol–water partition coefficient (Wildman–Crippen LogP) is 4.18. The molecule has 0 radical (unpaired) electrons. The van der Waals surface area contributed by atoms with E-state index in [0.29, 0.717) is 18.0 Å². The van der Waals surface area contributed by atoms with Crippen molar-refractivity contribution < 1.29 is 9.53 Å². The number of nitrogens with zero attached hydrogens (tertiary/aromatic N) is 2. The Balaban J connectivity index is 1.24. The minimum atomic E-state index is 0.0604.